The van der Waals surface area contributed by atoms with Gasteiger partial charge in [-0.15, -0.1) is 0 Å². The molecule has 4 nitrogen and oxygen atoms in total. The van der Waals surface area contributed by atoms with Crippen molar-refractivity contribution in [2.75, 3.05) is 26.2 Å². The maximum atomic E-state index is 13.9. The van der Waals surface area contributed by atoms with Crippen LogP contribution in [-0.2, 0) is 17.4 Å². The number of hydrogen-bond donors (Lipinski definition) is 0. The Hall–Kier alpha value is -2.90. The van der Waals surface area contributed by atoms with Crippen LogP contribution in [0.15, 0.2) is 48.5 Å². The number of carbonyl (C=O) groups excluding carboxylic acids is 2. The third-order valence-corrected chi connectivity index (χ3v) is 4.85. The molecule has 2 amide bonds. The molecule has 1 heterocycles. The number of benzene rings is 2. The van der Waals surface area contributed by atoms with Crippen LogP contribution in [0.4, 0.5) is 17.6 Å². The van der Waals surface area contributed by atoms with Crippen molar-refractivity contribution in [1.82, 2.24) is 9.80 Å². The molecule has 0 atom stereocenters. The van der Waals surface area contributed by atoms with E-state index in [1.54, 1.807) is 6.07 Å². The van der Waals surface area contributed by atoms with Crippen LogP contribution >= 0.6 is 0 Å². The summed E-state index contributed by atoms with van der Waals surface area (Å²) in [7, 11) is 0. The number of carbonyl (C=O) groups is 2. The predicted molar refractivity (Wildman–Crippen MR) is 98.6 cm³/mol. The first kappa shape index (κ1) is 20.8. The lowest BCUT2D eigenvalue weighted by molar-refractivity contribution is -0.138. The number of nitrogens with zero attached hydrogens (tertiary/aromatic N) is 2. The summed E-state index contributed by atoms with van der Waals surface area (Å²) in [5.41, 5.74) is -0.523. The lowest BCUT2D eigenvalue weighted by atomic mass is 10.1. The summed E-state index contributed by atoms with van der Waals surface area (Å²) in [6, 6.07) is 10.4. The molecule has 0 spiro atoms. The number of rotatable bonds is 3. The van der Waals surface area contributed by atoms with Gasteiger partial charge >= 0.3 is 6.18 Å². The molecular weight excluding hydrogens is 388 g/mol. The average Bonchev–Trinajstić information content (AvgIpc) is 2.94. The first-order valence-corrected chi connectivity index (χ1v) is 9.23. The maximum absolute atomic E-state index is 13.9. The van der Waals surface area contributed by atoms with E-state index >= 15 is 0 Å². The highest BCUT2D eigenvalue weighted by atomic mass is 19.4. The molecule has 3 rings (SSSR count). The van der Waals surface area contributed by atoms with E-state index in [4.69, 9.17) is 0 Å². The molecule has 0 radical (unpaired) electrons. The normalized spacial score (nSPS) is 15.2. The van der Waals surface area contributed by atoms with E-state index in [1.807, 2.05) is 0 Å². The molecule has 0 bridgehead atoms. The molecule has 1 saturated heterocycles. The summed E-state index contributed by atoms with van der Waals surface area (Å²) in [6.07, 6.45) is -4.10. The van der Waals surface area contributed by atoms with Gasteiger partial charge in [-0.2, -0.15) is 13.2 Å². The lowest BCUT2D eigenvalue weighted by Crippen LogP contribution is -2.38. The molecule has 0 aromatic heterocycles. The number of halogens is 4. The Morgan fingerprint density at radius 3 is 2.31 bits per heavy atom. The van der Waals surface area contributed by atoms with Crippen LogP contribution in [0, 0.1) is 5.82 Å². The molecule has 0 aliphatic carbocycles. The molecule has 154 valence electrons. The molecule has 1 fully saturated rings. The zero-order chi connectivity index (χ0) is 21.0. The van der Waals surface area contributed by atoms with Crippen molar-refractivity contribution in [2.24, 2.45) is 0 Å². The van der Waals surface area contributed by atoms with Crippen molar-refractivity contribution in [3.63, 3.8) is 0 Å². The molecule has 0 saturated carbocycles. The maximum Gasteiger partial charge on any atom is 0.416 e. The highest BCUT2D eigenvalue weighted by Crippen LogP contribution is 2.29. The van der Waals surface area contributed by atoms with Gasteiger partial charge in [0.25, 0.3) is 5.91 Å². The standard InChI is InChI=1S/C21H20F4N2O2/c22-18-8-2-1-7-17(18)20(29)27-10-4-9-26(11-12-27)19(28)14-15-5-3-6-16(13-15)21(23,24)25/h1-3,5-8,13H,4,9-12,14H2. The summed E-state index contributed by atoms with van der Waals surface area (Å²) in [4.78, 5) is 28.1. The minimum atomic E-state index is -4.46. The Bertz CT molecular complexity index is 898. The van der Waals surface area contributed by atoms with Crippen LogP contribution in [0.1, 0.15) is 27.9 Å². The van der Waals surface area contributed by atoms with Gasteiger partial charge < -0.3 is 9.80 Å². The Labute approximate surface area is 165 Å². The van der Waals surface area contributed by atoms with Crippen LogP contribution in [0.25, 0.3) is 0 Å². The van der Waals surface area contributed by atoms with Crippen molar-refractivity contribution >= 4 is 11.8 Å². The number of amides is 2. The fourth-order valence-electron chi connectivity index (χ4n) is 3.32. The van der Waals surface area contributed by atoms with E-state index in [-0.39, 0.29) is 36.5 Å². The largest absolute Gasteiger partial charge is 0.416 e. The quantitative estimate of drug-likeness (QED) is 0.726. The van der Waals surface area contributed by atoms with Crippen LogP contribution in [0.3, 0.4) is 0 Å². The molecular formula is C21H20F4N2O2. The van der Waals surface area contributed by atoms with Crippen molar-refractivity contribution in [3.05, 3.63) is 71.0 Å². The van der Waals surface area contributed by atoms with Crippen molar-refractivity contribution < 1.29 is 27.2 Å². The van der Waals surface area contributed by atoms with Crippen LogP contribution in [-0.4, -0.2) is 47.8 Å². The van der Waals surface area contributed by atoms with Gasteiger partial charge in [0, 0.05) is 26.2 Å². The smallest absolute Gasteiger partial charge is 0.341 e. The van der Waals surface area contributed by atoms with Gasteiger partial charge in [-0.25, -0.2) is 4.39 Å². The summed E-state index contributed by atoms with van der Waals surface area (Å²) >= 11 is 0. The van der Waals surface area contributed by atoms with E-state index < -0.39 is 23.5 Å². The predicted octanol–water partition coefficient (Wildman–Crippen LogP) is 3.76. The topological polar surface area (TPSA) is 40.6 Å². The highest BCUT2D eigenvalue weighted by Gasteiger charge is 2.31. The summed E-state index contributed by atoms with van der Waals surface area (Å²) < 4.78 is 52.4. The number of hydrogen-bond acceptors (Lipinski definition) is 2. The van der Waals surface area contributed by atoms with Crippen LogP contribution in [0.2, 0.25) is 0 Å². The Morgan fingerprint density at radius 2 is 1.59 bits per heavy atom. The van der Waals surface area contributed by atoms with Gasteiger partial charge in [0.2, 0.25) is 5.91 Å². The Kier molecular flexibility index (Phi) is 6.20. The van der Waals surface area contributed by atoms with E-state index in [2.05, 4.69) is 0 Å². The van der Waals surface area contributed by atoms with E-state index in [0.29, 0.717) is 19.5 Å². The van der Waals surface area contributed by atoms with Gasteiger partial charge in [-0.3, -0.25) is 9.59 Å². The van der Waals surface area contributed by atoms with E-state index in [0.717, 1.165) is 12.1 Å². The fraction of sp³-hybridized carbons (Fsp3) is 0.333. The summed E-state index contributed by atoms with van der Waals surface area (Å²) in [5.74, 6) is -1.33. The van der Waals surface area contributed by atoms with Crippen molar-refractivity contribution in [2.45, 2.75) is 19.0 Å². The second-order valence-electron chi connectivity index (χ2n) is 6.88. The average molecular weight is 408 g/mol. The molecule has 1 aliphatic heterocycles. The number of alkyl halides is 3. The monoisotopic (exact) mass is 408 g/mol. The van der Waals surface area contributed by atoms with Crippen LogP contribution in [0.5, 0.6) is 0 Å². The SMILES string of the molecule is O=C(Cc1cccc(C(F)(F)F)c1)N1CCCN(C(=O)c2ccccc2F)CC1. The van der Waals surface area contributed by atoms with Gasteiger partial charge in [-0.05, 0) is 30.2 Å². The van der Waals surface area contributed by atoms with Crippen LogP contribution < -0.4 is 0 Å². The minimum absolute atomic E-state index is 0.0174. The molecule has 29 heavy (non-hydrogen) atoms. The van der Waals surface area contributed by atoms with Gasteiger partial charge in [0.05, 0.1) is 17.5 Å². The Balaban J connectivity index is 1.63. The fourth-order valence-corrected chi connectivity index (χ4v) is 3.32. The van der Waals surface area contributed by atoms with Gasteiger partial charge in [0.1, 0.15) is 5.82 Å². The molecule has 1 aliphatic rings. The zero-order valence-electron chi connectivity index (χ0n) is 15.6. The first-order chi connectivity index (χ1) is 13.8. The van der Waals surface area contributed by atoms with Crippen molar-refractivity contribution in [1.29, 1.82) is 0 Å². The molecule has 2 aromatic carbocycles. The third-order valence-electron chi connectivity index (χ3n) is 4.85. The lowest BCUT2D eigenvalue weighted by Gasteiger charge is -2.22. The third kappa shape index (κ3) is 5.13. The Morgan fingerprint density at radius 1 is 0.897 bits per heavy atom. The molecule has 0 unspecified atom stereocenters. The second kappa shape index (κ2) is 8.63. The summed E-state index contributed by atoms with van der Waals surface area (Å²) in [6.45, 7) is 1.25. The molecule has 8 heteroatoms. The highest BCUT2D eigenvalue weighted by molar-refractivity contribution is 5.94. The van der Waals surface area contributed by atoms with Crippen molar-refractivity contribution in [3.8, 4) is 0 Å². The van der Waals surface area contributed by atoms with Gasteiger partial charge in [-0.1, -0.05) is 30.3 Å². The van der Waals surface area contributed by atoms with Gasteiger partial charge in [0.15, 0.2) is 0 Å². The second-order valence-corrected chi connectivity index (χ2v) is 6.88. The summed E-state index contributed by atoms with van der Waals surface area (Å²) in [5, 5.41) is 0. The van der Waals surface area contributed by atoms with E-state index in [9.17, 15) is 27.2 Å². The molecule has 0 N–H and O–H groups in total. The molecule has 2 aromatic rings. The minimum Gasteiger partial charge on any atom is -0.341 e. The zero-order valence-corrected chi connectivity index (χ0v) is 15.6. The van der Waals surface area contributed by atoms with E-state index in [1.165, 1.54) is 40.1 Å². The first-order valence-electron chi connectivity index (χ1n) is 9.23.